The number of carbonyl (C=O) groups excluding carboxylic acids is 1. The van der Waals surface area contributed by atoms with Crippen LogP contribution in [0.5, 0.6) is 0 Å². The Morgan fingerprint density at radius 3 is 2.26 bits per heavy atom. The van der Waals surface area contributed by atoms with Crippen LogP contribution in [-0.2, 0) is 11.3 Å². The van der Waals surface area contributed by atoms with Crippen molar-refractivity contribution in [3.05, 3.63) is 65.2 Å². The zero-order valence-corrected chi connectivity index (χ0v) is 14.3. The van der Waals surface area contributed by atoms with E-state index in [9.17, 15) is 4.79 Å². The number of aryl methyl sites for hydroxylation is 2. The number of nitrogens with one attached hydrogen (secondary N) is 1. The first kappa shape index (κ1) is 17.1. The van der Waals surface area contributed by atoms with E-state index < -0.39 is 0 Å². The van der Waals surface area contributed by atoms with E-state index in [1.165, 1.54) is 16.7 Å². The van der Waals surface area contributed by atoms with Gasteiger partial charge in [-0.2, -0.15) is 0 Å². The third kappa shape index (κ3) is 4.85. The first-order valence-electron chi connectivity index (χ1n) is 8.23. The van der Waals surface area contributed by atoms with Crippen molar-refractivity contribution in [3.8, 4) is 0 Å². The molecule has 2 aromatic carbocycles. The van der Waals surface area contributed by atoms with E-state index in [4.69, 9.17) is 0 Å². The molecule has 0 saturated carbocycles. The highest BCUT2D eigenvalue weighted by Gasteiger charge is 2.12. The number of anilines is 1. The average Bonchev–Trinajstić information content (AvgIpc) is 2.56. The molecule has 3 heteroatoms. The van der Waals surface area contributed by atoms with Crippen LogP contribution < -0.4 is 5.32 Å². The minimum Gasteiger partial charge on any atom is -0.384 e. The van der Waals surface area contributed by atoms with Crippen LogP contribution in [-0.4, -0.2) is 23.9 Å². The maximum absolute atomic E-state index is 12.4. The third-order valence-electron chi connectivity index (χ3n) is 4.07. The van der Waals surface area contributed by atoms with Crippen LogP contribution in [0.2, 0.25) is 0 Å². The van der Waals surface area contributed by atoms with Crippen molar-refractivity contribution in [1.82, 2.24) is 4.90 Å². The molecule has 0 bridgehead atoms. The number of amides is 1. The van der Waals surface area contributed by atoms with E-state index in [2.05, 4.69) is 49.5 Å². The highest BCUT2D eigenvalue weighted by atomic mass is 16.2. The Balaban J connectivity index is 1.88. The van der Waals surface area contributed by atoms with Crippen LogP contribution in [0.1, 0.15) is 30.0 Å². The van der Waals surface area contributed by atoms with Crippen LogP contribution in [0.3, 0.4) is 0 Å². The first-order chi connectivity index (χ1) is 11.1. The molecule has 23 heavy (non-hydrogen) atoms. The summed E-state index contributed by atoms with van der Waals surface area (Å²) >= 11 is 0. The second kappa shape index (κ2) is 8.37. The molecule has 0 spiro atoms. The van der Waals surface area contributed by atoms with Gasteiger partial charge < -0.3 is 10.2 Å². The Hall–Kier alpha value is -2.29. The summed E-state index contributed by atoms with van der Waals surface area (Å²) in [5, 5.41) is 3.41. The summed E-state index contributed by atoms with van der Waals surface area (Å²) in [6, 6.07) is 16.4. The number of rotatable bonds is 7. The zero-order valence-electron chi connectivity index (χ0n) is 14.3. The van der Waals surface area contributed by atoms with Crippen LogP contribution in [0.4, 0.5) is 5.69 Å². The van der Waals surface area contributed by atoms with Crippen molar-refractivity contribution in [2.75, 3.05) is 18.4 Å². The van der Waals surface area contributed by atoms with Gasteiger partial charge in [0.25, 0.3) is 0 Å². The molecule has 3 nitrogen and oxygen atoms in total. The minimum atomic E-state index is 0.190. The highest BCUT2D eigenvalue weighted by Crippen LogP contribution is 2.19. The topological polar surface area (TPSA) is 32.3 Å². The molecule has 2 rings (SSSR count). The van der Waals surface area contributed by atoms with Gasteiger partial charge >= 0.3 is 0 Å². The summed E-state index contributed by atoms with van der Waals surface area (Å²) in [5.41, 5.74) is 4.75. The van der Waals surface area contributed by atoms with E-state index in [1.807, 2.05) is 30.0 Å². The Labute approximate surface area is 139 Å². The van der Waals surface area contributed by atoms with E-state index in [0.29, 0.717) is 19.5 Å². The number of carbonyl (C=O) groups is 1. The summed E-state index contributed by atoms with van der Waals surface area (Å²) in [4.78, 5) is 14.3. The van der Waals surface area contributed by atoms with Crippen LogP contribution in [0.25, 0.3) is 0 Å². The Bertz CT molecular complexity index is 617. The smallest absolute Gasteiger partial charge is 0.224 e. The van der Waals surface area contributed by atoms with Crippen LogP contribution in [0.15, 0.2) is 48.5 Å². The SMILES string of the molecule is CCN(Cc1ccccc1)C(=O)CCNc1c(C)cccc1C. The largest absolute Gasteiger partial charge is 0.384 e. The molecular formula is C20H26N2O. The molecule has 1 N–H and O–H groups in total. The zero-order chi connectivity index (χ0) is 16.7. The molecule has 0 unspecified atom stereocenters. The van der Waals surface area contributed by atoms with Gasteiger partial charge in [-0.15, -0.1) is 0 Å². The van der Waals surface area contributed by atoms with Crippen LogP contribution >= 0.6 is 0 Å². The van der Waals surface area contributed by atoms with Gasteiger partial charge in [-0.25, -0.2) is 0 Å². The summed E-state index contributed by atoms with van der Waals surface area (Å²) in [5.74, 6) is 0.190. The summed E-state index contributed by atoms with van der Waals surface area (Å²) in [6.45, 7) is 8.28. The number of nitrogens with zero attached hydrogens (tertiary/aromatic N) is 1. The van der Waals surface area contributed by atoms with Gasteiger partial charge in [0.05, 0.1) is 0 Å². The summed E-state index contributed by atoms with van der Waals surface area (Å²) in [6.07, 6.45) is 0.508. The molecule has 0 aliphatic rings. The second-order valence-corrected chi connectivity index (χ2v) is 5.84. The van der Waals surface area contributed by atoms with Crippen molar-refractivity contribution < 1.29 is 4.79 Å². The molecule has 0 aromatic heterocycles. The van der Waals surface area contributed by atoms with Gasteiger partial charge in [-0.1, -0.05) is 48.5 Å². The lowest BCUT2D eigenvalue weighted by Crippen LogP contribution is -2.31. The molecule has 0 atom stereocenters. The molecule has 0 radical (unpaired) electrons. The number of benzene rings is 2. The lowest BCUT2D eigenvalue weighted by Gasteiger charge is -2.21. The number of hydrogen-bond donors (Lipinski definition) is 1. The summed E-state index contributed by atoms with van der Waals surface area (Å²) in [7, 11) is 0. The van der Waals surface area contributed by atoms with Gasteiger partial charge in [-0.3, -0.25) is 4.79 Å². The minimum absolute atomic E-state index is 0.190. The van der Waals surface area contributed by atoms with E-state index in [-0.39, 0.29) is 5.91 Å². The molecule has 122 valence electrons. The third-order valence-corrected chi connectivity index (χ3v) is 4.07. The second-order valence-electron chi connectivity index (χ2n) is 5.84. The van der Waals surface area contributed by atoms with Crippen molar-refractivity contribution in [2.24, 2.45) is 0 Å². The molecule has 0 aliphatic carbocycles. The van der Waals surface area contributed by atoms with Gasteiger partial charge in [0, 0.05) is 31.7 Å². The quantitative estimate of drug-likeness (QED) is 0.833. The predicted molar refractivity (Wildman–Crippen MR) is 96.6 cm³/mol. The standard InChI is InChI=1S/C20H26N2O/c1-4-22(15-18-11-6-5-7-12-18)19(23)13-14-21-20-16(2)9-8-10-17(20)3/h5-12,21H,4,13-15H2,1-3H3. The van der Waals surface area contributed by atoms with Gasteiger partial charge in [0.15, 0.2) is 0 Å². The highest BCUT2D eigenvalue weighted by molar-refractivity contribution is 5.76. The maximum Gasteiger partial charge on any atom is 0.224 e. The van der Waals surface area contributed by atoms with Crippen LogP contribution in [0, 0.1) is 13.8 Å². The van der Waals surface area contributed by atoms with Gasteiger partial charge in [-0.05, 0) is 37.5 Å². The first-order valence-corrected chi connectivity index (χ1v) is 8.23. The Morgan fingerprint density at radius 1 is 1.00 bits per heavy atom. The fraction of sp³-hybridized carbons (Fsp3) is 0.350. The molecular weight excluding hydrogens is 284 g/mol. The lowest BCUT2D eigenvalue weighted by atomic mass is 10.1. The Kier molecular flexibility index (Phi) is 6.21. The average molecular weight is 310 g/mol. The molecule has 0 fully saturated rings. The molecule has 2 aromatic rings. The van der Waals surface area contributed by atoms with Gasteiger partial charge in [0.2, 0.25) is 5.91 Å². The molecule has 0 aliphatic heterocycles. The van der Waals surface area contributed by atoms with Gasteiger partial charge in [0.1, 0.15) is 0 Å². The van der Waals surface area contributed by atoms with E-state index in [1.54, 1.807) is 0 Å². The van der Waals surface area contributed by atoms with Crippen molar-refractivity contribution >= 4 is 11.6 Å². The number of para-hydroxylation sites is 1. The summed E-state index contributed by atoms with van der Waals surface area (Å²) < 4.78 is 0. The van der Waals surface area contributed by atoms with Crippen molar-refractivity contribution in [2.45, 2.75) is 33.7 Å². The fourth-order valence-corrected chi connectivity index (χ4v) is 2.73. The predicted octanol–water partition coefficient (Wildman–Crippen LogP) is 4.15. The van der Waals surface area contributed by atoms with Crippen molar-refractivity contribution in [1.29, 1.82) is 0 Å². The molecule has 0 saturated heterocycles. The molecule has 1 amide bonds. The monoisotopic (exact) mass is 310 g/mol. The number of hydrogen-bond acceptors (Lipinski definition) is 2. The van der Waals surface area contributed by atoms with E-state index >= 15 is 0 Å². The molecule has 0 heterocycles. The fourth-order valence-electron chi connectivity index (χ4n) is 2.73. The lowest BCUT2D eigenvalue weighted by molar-refractivity contribution is -0.131. The van der Waals surface area contributed by atoms with Crippen molar-refractivity contribution in [3.63, 3.8) is 0 Å². The maximum atomic E-state index is 12.4. The van der Waals surface area contributed by atoms with E-state index in [0.717, 1.165) is 12.2 Å². The normalized spacial score (nSPS) is 10.4. The Morgan fingerprint density at radius 2 is 1.65 bits per heavy atom.